The number of benzene rings is 2. The number of hydrogen-bond acceptors (Lipinski definition) is 4. The maximum absolute atomic E-state index is 13.5. The molecule has 1 aliphatic heterocycles. The third-order valence-electron chi connectivity index (χ3n) is 6.36. The molecule has 1 saturated heterocycles. The fourth-order valence-electron chi connectivity index (χ4n) is 4.77. The van der Waals surface area contributed by atoms with Crippen LogP contribution in [-0.2, 0) is 12.0 Å². The molecule has 2 aliphatic rings. The number of aliphatic hydroxyl groups is 2. The van der Waals surface area contributed by atoms with Gasteiger partial charge in [0.2, 0.25) is 0 Å². The fraction of sp³-hybridized carbons (Fsp3) is 0.261. The Hall–Kier alpha value is -3.12. The summed E-state index contributed by atoms with van der Waals surface area (Å²) in [6.45, 7) is 1.80. The van der Waals surface area contributed by atoms with Gasteiger partial charge in [-0.25, -0.2) is 4.39 Å². The second-order valence-corrected chi connectivity index (χ2v) is 7.96. The van der Waals surface area contributed by atoms with Crippen LogP contribution in [0.3, 0.4) is 0 Å². The van der Waals surface area contributed by atoms with Crippen LogP contribution in [0.1, 0.15) is 29.5 Å². The molecule has 3 aromatic rings. The first-order valence-electron chi connectivity index (χ1n) is 9.74. The van der Waals surface area contributed by atoms with Gasteiger partial charge in [-0.2, -0.15) is 0 Å². The monoisotopic (exact) mass is 392 g/mol. The van der Waals surface area contributed by atoms with Gasteiger partial charge in [-0.05, 0) is 55.8 Å². The average Bonchev–Trinajstić information content (AvgIpc) is 2.93. The first-order valence-corrected chi connectivity index (χ1v) is 9.74. The van der Waals surface area contributed by atoms with E-state index in [4.69, 9.17) is 0 Å². The summed E-state index contributed by atoms with van der Waals surface area (Å²) in [6, 6.07) is 13.6. The van der Waals surface area contributed by atoms with Crippen molar-refractivity contribution in [2.75, 3.05) is 13.1 Å². The minimum atomic E-state index is -0.559. The molecule has 1 spiro atoms. The SMILES string of the molecule is O=c1[nH]c2ccc(F)cc2cc1CN1CCC2(CC1)C(O)=C(O)c1ccccc12. The predicted molar refractivity (Wildman–Crippen MR) is 109 cm³/mol. The van der Waals surface area contributed by atoms with E-state index in [1.165, 1.54) is 12.1 Å². The Morgan fingerprint density at radius 3 is 2.62 bits per heavy atom. The standard InChI is InChI=1S/C23H21FN2O3/c24-16-5-6-19-14(12-16)11-15(22(29)25-19)13-26-9-7-23(8-10-26)18-4-2-1-3-17(18)20(27)21(23)28/h1-6,11-12,27-28H,7-10,13H2,(H,25,29). The van der Waals surface area contributed by atoms with E-state index in [0.717, 1.165) is 5.56 Å². The molecule has 1 fully saturated rings. The minimum absolute atomic E-state index is 0.0259. The van der Waals surface area contributed by atoms with Crippen molar-refractivity contribution in [2.45, 2.75) is 24.8 Å². The van der Waals surface area contributed by atoms with Crippen LogP contribution >= 0.6 is 0 Å². The molecule has 1 aliphatic carbocycles. The van der Waals surface area contributed by atoms with Crippen LogP contribution < -0.4 is 5.56 Å². The van der Waals surface area contributed by atoms with Crippen LogP contribution in [0.4, 0.5) is 4.39 Å². The topological polar surface area (TPSA) is 76.6 Å². The van der Waals surface area contributed by atoms with E-state index in [1.54, 1.807) is 12.1 Å². The zero-order valence-electron chi connectivity index (χ0n) is 15.8. The highest BCUT2D eigenvalue weighted by Crippen LogP contribution is 2.50. The number of halogens is 1. The van der Waals surface area contributed by atoms with Gasteiger partial charge in [-0.15, -0.1) is 0 Å². The highest BCUT2D eigenvalue weighted by molar-refractivity contribution is 5.79. The molecule has 0 unspecified atom stereocenters. The van der Waals surface area contributed by atoms with Gasteiger partial charge in [0.1, 0.15) is 11.6 Å². The molecule has 148 valence electrons. The summed E-state index contributed by atoms with van der Waals surface area (Å²) >= 11 is 0. The van der Waals surface area contributed by atoms with Gasteiger partial charge in [0, 0.05) is 28.6 Å². The Morgan fingerprint density at radius 2 is 1.83 bits per heavy atom. The molecule has 0 radical (unpaired) electrons. The predicted octanol–water partition coefficient (Wildman–Crippen LogP) is 4.00. The number of allylic oxidation sites excluding steroid dienone is 1. The number of likely N-dealkylation sites (tertiary alicyclic amines) is 1. The summed E-state index contributed by atoms with van der Waals surface area (Å²) in [5.74, 6) is -0.309. The lowest BCUT2D eigenvalue weighted by Gasteiger charge is -2.39. The second kappa shape index (κ2) is 6.46. The maximum atomic E-state index is 13.5. The molecule has 2 heterocycles. The maximum Gasteiger partial charge on any atom is 0.252 e. The number of piperidine rings is 1. The molecule has 0 saturated carbocycles. The summed E-state index contributed by atoms with van der Waals surface area (Å²) in [4.78, 5) is 17.4. The van der Waals surface area contributed by atoms with Gasteiger partial charge in [0.05, 0.1) is 5.41 Å². The van der Waals surface area contributed by atoms with Gasteiger partial charge in [-0.3, -0.25) is 9.69 Å². The Balaban J connectivity index is 1.39. The molecule has 2 aromatic carbocycles. The zero-order valence-corrected chi connectivity index (χ0v) is 15.8. The molecular formula is C23H21FN2O3. The summed E-state index contributed by atoms with van der Waals surface area (Å²) in [5.41, 5.74) is 2.14. The number of H-pyrrole nitrogens is 1. The van der Waals surface area contributed by atoms with Crippen molar-refractivity contribution in [1.29, 1.82) is 0 Å². The van der Waals surface area contributed by atoms with Crippen LogP contribution in [-0.4, -0.2) is 33.2 Å². The molecule has 1 aromatic heterocycles. The van der Waals surface area contributed by atoms with Crippen molar-refractivity contribution in [1.82, 2.24) is 9.88 Å². The Kier molecular flexibility index (Phi) is 3.99. The second-order valence-electron chi connectivity index (χ2n) is 7.96. The van der Waals surface area contributed by atoms with Crippen molar-refractivity contribution in [3.8, 4) is 0 Å². The highest BCUT2D eigenvalue weighted by Gasteiger charge is 2.47. The Bertz CT molecular complexity index is 1210. The highest BCUT2D eigenvalue weighted by atomic mass is 19.1. The van der Waals surface area contributed by atoms with Crippen molar-refractivity contribution in [3.05, 3.63) is 87.2 Å². The Morgan fingerprint density at radius 1 is 1.07 bits per heavy atom. The molecule has 0 bridgehead atoms. The van der Waals surface area contributed by atoms with Gasteiger partial charge in [0.15, 0.2) is 5.76 Å². The van der Waals surface area contributed by atoms with E-state index < -0.39 is 5.41 Å². The van der Waals surface area contributed by atoms with Crippen LogP contribution in [0.25, 0.3) is 16.7 Å². The van der Waals surface area contributed by atoms with E-state index in [1.807, 2.05) is 24.3 Å². The average molecular weight is 392 g/mol. The third kappa shape index (κ3) is 2.75. The molecule has 29 heavy (non-hydrogen) atoms. The zero-order chi connectivity index (χ0) is 20.2. The van der Waals surface area contributed by atoms with E-state index in [0.29, 0.717) is 54.5 Å². The molecule has 5 rings (SSSR count). The van der Waals surface area contributed by atoms with Gasteiger partial charge in [0.25, 0.3) is 5.56 Å². The van der Waals surface area contributed by atoms with Crippen molar-refractivity contribution in [3.63, 3.8) is 0 Å². The smallest absolute Gasteiger partial charge is 0.252 e. The molecule has 6 heteroatoms. The van der Waals surface area contributed by atoms with Crippen molar-refractivity contribution < 1.29 is 14.6 Å². The van der Waals surface area contributed by atoms with Gasteiger partial charge < -0.3 is 15.2 Å². The van der Waals surface area contributed by atoms with Gasteiger partial charge in [-0.1, -0.05) is 24.3 Å². The summed E-state index contributed by atoms with van der Waals surface area (Å²) in [7, 11) is 0. The fourth-order valence-corrected chi connectivity index (χ4v) is 4.77. The van der Waals surface area contributed by atoms with Gasteiger partial charge >= 0.3 is 0 Å². The molecule has 3 N–H and O–H groups in total. The largest absolute Gasteiger partial charge is 0.507 e. The van der Waals surface area contributed by atoms with Crippen LogP contribution in [0, 0.1) is 5.82 Å². The quantitative estimate of drug-likeness (QED) is 0.616. The number of rotatable bonds is 2. The number of aromatic amines is 1. The first kappa shape index (κ1) is 17.9. The first-order chi connectivity index (χ1) is 14.0. The molecule has 0 amide bonds. The van der Waals surface area contributed by atoms with Crippen LogP contribution in [0.15, 0.2) is 59.1 Å². The lowest BCUT2D eigenvalue weighted by molar-refractivity contribution is 0.141. The van der Waals surface area contributed by atoms with E-state index in [2.05, 4.69) is 9.88 Å². The molecule has 5 nitrogen and oxygen atoms in total. The number of aliphatic hydroxyl groups excluding tert-OH is 2. The lowest BCUT2D eigenvalue weighted by Crippen LogP contribution is -2.43. The summed E-state index contributed by atoms with van der Waals surface area (Å²) in [6.07, 6.45) is 1.31. The molecule has 0 atom stereocenters. The van der Waals surface area contributed by atoms with E-state index >= 15 is 0 Å². The van der Waals surface area contributed by atoms with Crippen LogP contribution in [0.5, 0.6) is 0 Å². The number of nitrogens with one attached hydrogen (secondary N) is 1. The van der Waals surface area contributed by atoms with E-state index in [-0.39, 0.29) is 22.9 Å². The van der Waals surface area contributed by atoms with E-state index in [9.17, 15) is 19.4 Å². The minimum Gasteiger partial charge on any atom is -0.507 e. The number of pyridine rings is 1. The third-order valence-corrected chi connectivity index (χ3v) is 6.36. The van der Waals surface area contributed by atoms with Crippen molar-refractivity contribution >= 4 is 16.7 Å². The summed E-state index contributed by atoms with van der Waals surface area (Å²) < 4.78 is 13.5. The van der Waals surface area contributed by atoms with Crippen LogP contribution in [0.2, 0.25) is 0 Å². The number of nitrogens with zero attached hydrogens (tertiary/aromatic N) is 1. The summed E-state index contributed by atoms with van der Waals surface area (Å²) in [5, 5.41) is 21.7. The van der Waals surface area contributed by atoms with Crippen molar-refractivity contribution in [2.24, 2.45) is 0 Å². The normalized spacial score (nSPS) is 18.5. The number of fused-ring (bicyclic) bond motifs is 3. The number of hydrogen-bond donors (Lipinski definition) is 3. The number of aromatic nitrogens is 1. The lowest BCUT2D eigenvalue weighted by atomic mass is 9.73. The molecular weight excluding hydrogens is 371 g/mol. The Labute approximate surface area is 166 Å².